The highest BCUT2D eigenvalue weighted by atomic mass is 32.1. The van der Waals surface area contributed by atoms with Crippen LogP contribution < -0.4 is 4.74 Å². The molecule has 1 aliphatic rings. The fourth-order valence-electron chi connectivity index (χ4n) is 3.81. The third-order valence-corrected chi connectivity index (χ3v) is 6.41. The molecule has 0 aliphatic heterocycles. The molecule has 27 heavy (non-hydrogen) atoms. The summed E-state index contributed by atoms with van der Waals surface area (Å²) >= 11 is 1.58. The van der Waals surface area contributed by atoms with Gasteiger partial charge in [0.25, 0.3) is 0 Å². The van der Waals surface area contributed by atoms with Crippen molar-refractivity contribution in [1.82, 2.24) is 14.3 Å². The zero-order valence-corrected chi connectivity index (χ0v) is 16.7. The van der Waals surface area contributed by atoms with Crippen molar-refractivity contribution in [3.8, 4) is 17.0 Å². The van der Waals surface area contributed by atoms with Gasteiger partial charge in [-0.15, -0.1) is 11.3 Å². The maximum absolute atomic E-state index is 12.8. The molecule has 6 heteroatoms. The number of fused-ring (bicyclic) bond motifs is 1. The van der Waals surface area contributed by atoms with Crippen LogP contribution in [0, 0.1) is 0 Å². The minimum absolute atomic E-state index is 0.196. The van der Waals surface area contributed by atoms with Crippen LogP contribution in [-0.4, -0.2) is 40.4 Å². The van der Waals surface area contributed by atoms with E-state index in [1.54, 1.807) is 18.4 Å². The van der Waals surface area contributed by atoms with Crippen molar-refractivity contribution in [3.05, 3.63) is 41.5 Å². The third kappa shape index (κ3) is 3.72. The van der Waals surface area contributed by atoms with E-state index in [2.05, 4.69) is 4.40 Å². The summed E-state index contributed by atoms with van der Waals surface area (Å²) in [5.74, 6) is 1.03. The molecule has 4 rings (SSSR count). The number of aromatic nitrogens is 2. The zero-order valence-electron chi connectivity index (χ0n) is 15.9. The number of likely N-dealkylation sites (N-methyl/N-ethyl adjacent to an activating group) is 1. The Hall–Kier alpha value is -2.34. The molecule has 142 valence electrons. The predicted octanol–water partition coefficient (Wildman–Crippen LogP) is 4.41. The Morgan fingerprint density at radius 1 is 1.26 bits per heavy atom. The summed E-state index contributed by atoms with van der Waals surface area (Å²) in [6, 6.07) is 8.29. The highest BCUT2D eigenvalue weighted by Gasteiger charge is 2.23. The molecule has 1 fully saturated rings. The maximum atomic E-state index is 12.8. The van der Waals surface area contributed by atoms with Crippen LogP contribution in [0.15, 0.2) is 35.8 Å². The molecule has 1 aromatic carbocycles. The number of imidazole rings is 1. The molecule has 3 aromatic rings. The van der Waals surface area contributed by atoms with Gasteiger partial charge < -0.3 is 9.64 Å². The Morgan fingerprint density at radius 2 is 2.00 bits per heavy atom. The molecule has 0 bridgehead atoms. The fraction of sp³-hybridized carbons (Fsp3) is 0.429. The Labute approximate surface area is 163 Å². The minimum Gasteiger partial charge on any atom is -0.497 e. The van der Waals surface area contributed by atoms with Gasteiger partial charge in [-0.25, -0.2) is 4.98 Å². The number of methoxy groups -OCH3 is 1. The van der Waals surface area contributed by atoms with Crippen LogP contribution in [0.3, 0.4) is 0 Å². The number of carbonyl (C=O) groups is 1. The largest absolute Gasteiger partial charge is 0.497 e. The first kappa shape index (κ1) is 18.0. The molecule has 1 saturated carbocycles. The van der Waals surface area contributed by atoms with Crippen molar-refractivity contribution in [2.45, 2.75) is 44.6 Å². The van der Waals surface area contributed by atoms with Gasteiger partial charge in [-0.1, -0.05) is 19.3 Å². The molecule has 1 aliphatic carbocycles. The second-order valence-electron chi connectivity index (χ2n) is 7.21. The molecule has 0 radical (unpaired) electrons. The Bertz CT molecular complexity index is 923. The molecular weight excluding hydrogens is 358 g/mol. The van der Waals surface area contributed by atoms with Crippen molar-refractivity contribution < 1.29 is 9.53 Å². The lowest BCUT2D eigenvalue weighted by Gasteiger charge is -2.31. The molecule has 0 spiro atoms. The van der Waals surface area contributed by atoms with Crippen LogP contribution in [0.4, 0.5) is 0 Å². The molecule has 0 saturated heterocycles. The van der Waals surface area contributed by atoms with Crippen LogP contribution in [0.1, 0.15) is 37.8 Å². The van der Waals surface area contributed by atoms with Gasteiger partial charge in [0.05, 0.1) is 19.2 Å². The van der Waals surface area contributed by atoms with Gasteiger partial charge >= 0.3 is 0 Å². The van der Waals surface area contributed by atoms with Crippen molar-refractivity contribution in [2.24, 2.45) is 0 Å². The first-order valence-electron chi connectivity index (χ1n) is 9.51. The van der Waals surface area contributed by atoms with Gasteiger partial charge in [0.15, 0.2) is 4.96 Å². The standard InChI is InChI=1S/C21H25N3O2S/c1-23(16-6-4-3-5-7-16)20(25)12-17-14-27-21-22-19(13-24(17)21)15-8-10-18(26-2)11-9-15/h8-11,13-14,16H,3-7,12H2,1-2H3. The summed E-state index contributed by atoms with van der Waals surface area (Å²) in [6.07, 6.45) is 8.48. The van der Waals surface area contributed by atoms with Crippen molar-refractivity contribution in [3.63, 3.8) is 0 Å². The Morgan fingerprint density at radius 3 is 2.70 bits per heavy atom. The van der Waals surface area contributed by atoms with Crippen LogP contribution in [0.25, 0.3) is 16.2 Å². The zero-order chi connectivity index (χ0) is 18.8. The number of thiazole rings is 1. The lowest BCUT2D eigenvalue weighted by molar-refractivity contribution is -0.131. The van der Waals surface area contributed by atoms with Crippen molar-refractivity contribution in [1.29, 1.82) is 0 Å². The molecule has 2 aromatic heterocycles. The summed E-state index contributed by atoms with van der Waals surface area (Å²) in [4.78, 5) is 20.4. The van der Waals surface area contributed by atoms with E-state index >= 15 is 0 Å². The SMILES string of the molecule is COc1ccc(-c2cn3c(CC(=O)N(C)C4CCCCC4)csc3n2)cc1. The first-order chi connectivity index (χ1) is 13.2. The topological polar surface area (TPSA) is 46.8 Å². The molecule has 2 heterocycles. The number of rotatable bonds is 5. The van der Waals surface area contributed by atoms with E-state index in [-0.39, 0.29) is 5.91 Å². The molecule has 5 nitrogen and oxygen atoms in total. The summed E-state index contributed by atoms with van der Waals surface area (Å²) in [5, 5.41) is 2.05. The highest BCUT2D eigenvalue weighted by molar-refractivity contribution is 7.15. The third-order valence-electron chi connectivity index (χ3n) is 5.52. The highest BCUT2D eigenvalue weighted by Crippen LogP contribution is 2.26. The Kier molecular flexibility index (Phi) is 5.16. The molecular formula is C21H25N3O2S. The number of amides is 1. The fourth-order valence-corrected chi connectivity index (χ4v) is 4.68. The van der Waals surface area contributed by atoms with E-state index in [0.29, 0.717) is 12.5 Å². The first-order valence-corrected chi connectivity index (χ1v) is 10.4. The summed E-state index contributed by atoms with van der Waals surface area (Å²) in [6.45, 7) is 0. The van der Waals surface area contributed by atoms with Gasteiger partial charge in [-0.2, -0.15) is 0 Å². The van der Waals surface area contributed by atoms with Gasteiger partial charge in [0.2, 0.25) is 5.91 Å². The van der Waals surface area contributed by atoms with Crippen molar-refractivity contribution in [2.75, 3.05) is 14.2 Å². The monoisotopic (exact) mass is 383 g/mol. The van der Waals surface area contributed by atoms with Crippen molar-refractivity contribution >= 4 is 22.2 Å². The quantitative estimate of drug-likeness (QED) is 0.656. The average Bonchev–Trinajstić information content (AvgIpc) is 3.30. The minimum atomic E-state index is 0.196. The Balaban J connectivity index is 1.52. The van der Waals surface area contributed by atoms with E-state index in [1.165, 1.54) is 19.3 Å². The molecule has 0 unspecified atom stereocenters. The van der Waals surface area contributed by atoms with E-state index in [1.807, 2.05) is 47.8 Å². The summed E-state index contributed by atoms with van der Waals surface area (Å²) < 4.78 is 7.27. The molecule has 0 N–H and O–H groups in total. The number of hydrogen-bond acceptors (Lipinski definition) is 4. The van der Waals surface area contributed by atoms with E-state index in [0.717, 1.165) is 40.5 Å². The number of carbonyl (C=O) groups excluding carboxylic acids is 1. The van der Waals surface area contributed by atoms with Gasteiger partial charge in [0.1, 0.15) is 5.75 Å². The van der Waals surface area contributed by atoms with E-state index in [4.69, 9.17) is 9.72 Å². The number of nitrogens with zero attached hydrogens (tertiary/aromatic N) is 3. The van der Waals surface area contributed by atoms with E-state index in [9.17, 15) is 4.79 Å². The second-order valence-corrected chi connectivity index (χ2v) is 8.04. The summed E-state index contributed by atoms with van der Waals surface area (Å²) in [5.41, 5.74) is 2.97. The summed E-state index contributed by atoms with van der Waals surface area (Å²) in [7, 11) is 3.62. The van der Waals surface area contributed by atoms with Crippen LogP contribution in [0.5, 0.6) is 5.75 Å². The van der Waals surface area contributed by atoms with Crippen LogP contribution >= 0.6 is 11.3 Å². The van der Waals surface area contributed by atoms with Gasteiger partial charge in [-0.3, -0.25) is 9.20 Å². The average molecular weight is 384 g/mol. The molecule has 0 atom stereocenters. The van der Waals surface area contributed by atoms with Gasteiger partial charge in [-0.05, 0) is 37.1 Å². The second kappa shape index (κ2) is 7.72. The maximum Gasteiger partial charge on any atom is 0.228 e. The van der Waals surface area contributed by atoms with Crippen LogP contribution in [-0.2, 0) is 11.2 Å². The predicted molar refractivity (Wildman–Crippen MR) is 108 cm³/mol. The lowest BCUT2D eigenvalue weighted by Crippen LogP contribution is -2.39. The van der Waals surface area contributed by atoms with Crippen LogP contribution in [0.2, 0.25) is 0 Å². The number of hydrogen-bond donors (Lipinski definition) is 0. The number of ether oxygens (including phenoxy) is 1. The lowest BCUT2D eigenvalue weighted by atomic mass is 9.94. The van der Waals surface area contributed by atoms with Gasteiger partial charge in [0, 0.05) is 35.9 Å². The smallest absolute Gasteiger partial charge is 0.228 e. The van der Waals surface area contributed by atoms with E-state index < -0.39 is 0 Å². The molecule has 1 amide bonds. The number of benzene rings is 1. The normalized spacial score (nSPS) is 15.2.